The molecule has 0 heterocycles. The molecule has 106 valence electrons. The number of ether oxygens (including phenoxy) is 1. The van der Waals surface area contributed by atoms with Gasteiger partial charge in [0.15, 0.2) is 0 Å². The Balaban J connectivity index is 2.23. The molecule has 2 aromatic carbocycles. The number of rotatable bonds is 4. The standard InChI is InChI=1S/C15H11BrN2O3/c1-10-11(3-2-4-14(10)18(19)20)9-21-15-6-5-13(16)7-12(15)8-17/h2-7H,9H2,1H3. The maximum atomic E-state index is 10.9. The summed E-state index contributed by atoms with van der Waals surface area (Å²) >= 11 is 3.29. The van der Waals surface area contributed by atoms with E-state index >= 15 is 0 Å². The molecule has 0 fully saturated rings. The van der Waals surface area contributed by atoms with Gasteiger partial charge in [-0.25, -0.2) is 0 Å². The first-order valence-corrected chi connectivity index (χ1v) is 6.87. The van der Waals surface area contributed by atoms with E-state index in [1.54, 1.807) is 37.3 Å². The van der Waals surface area contributed by atoms with E-state index in [0.29, 0.717) is 16.9 Å². The van der Waals surface area contributed by atoms with Gasteiger partial charge < -0.3 is 4.74 Å². The highest BCUT2D eigenvalue weighted by molar-refractivity contribution is 9.10. The topological polar surface area (TPSA) is 76.2 Å². The van der Waals surface area contributed by atoms with Crippen molar-refractivity contribution in [3.05, 3.63) is 67.7 Å². The fourth-order valence-electron chi connectivity index (χ4n) is 1.90. The maximum absolute atomic E-state index is 10.9. The van der Waals surface area contributed by atoms with E-state index in [0.717, 1.165) is 10.0 Å². The van der Waals surface area contributed by atoms with Crippen LogP contribution in [0, 0.1) is 28.4 Å². The highest BCUT2D eigenvalue weighted by atomic mass is 79.9. The number of halogens is 1. The second-order valence-corrected chi connectivity index (χ2v) is 5.28. The minimum absolute atomic E-state index is 0.0624. The van der Waals surface area contributed by atoms with E-state index in [-0.39, 0.29) is 12.3 Å². The van der Waals surface area contributed by atoms with Gasteiger partial charge in [0.25, 0.3) is 5.69 Å². The predicted octanol–water partition coefficient (Wildman–Crippen LogP) is 4.12. The summed E-state index contributed by atoms with van der Waals surface area (Å²) in [5, 5.41) is 20.0. The predicted molar refractivity (Wildman–Crippen MR) is 81.0 cm³/mol. The third-order valence-electron chi connectivity index (χ3n) is 3.06. The lowest BCUT2D eigenvalue weighted by Gasteiger charge is -2.10. The van der Waals surface area contributed by atoms with Gasteiger partial charge in [-0.1, -0.05) is 28.1 Å². The molecule has 6 heteroatoms. The van der Waals surface area contributed by atoms with Gasteiger partial charge in [-0.15, -0.1) is 0 Å². The van der Waals surface area contributed by atoms with Crippen molar-refractivity contribution in [2.24, 2.45) is 0 Å². The molecule has 0 amide bonds. The molecule has 0 aliphatic carbocycles. The largest absolute Gasteiger partial charge is 0.488 e. The molecular weight excluding hydrogens is 336 g/mol. The van der Waals surface area contributed by atoms with Crippen molar-refractivity contribution in [3.63, 3.8) is 0 Å². The molecule has 0 saturated carbocycles. The summed E-state index contributed by atoms with van der Waals surface area (Å²) in [5.74, 6) is 0.451. The van der Waals surface area contributed by atoms with E-state index in [4.69, 9.17) is 10.00 Å². The molecule has 0 N–H and O–H groups in total. The first-order valence-electron chi connectivity index (χ1n) is 6.08. The van der Waals surface area contributed by atoms with Crippen LogP contribution in [0.25, 0.3) is 0 Å². The average molecular weight is 347 g/mol. The van der Waals surface area contributed by atoms with Gasteiger partial charge >= 0.3 is 0 Å². The molecule has 0 bridgehead atoms. The minimum Gasteiger partial charge on any atom is -0.488 e. The van der Waals surface area contributed by atoms with Gasteiger partial charge in [0.1, 0.15) is 18.4 Å². The van der Waals surface area contributed by atoms with Crippen LogP contribution in [0.1, 0.15) is 16.7 Å². The number of nitriles is 1. The number of nitrogens with zero attached hydrogens (tertiary/aromatic N) is 2. The summed E-state index contributed by atoms with van der Waals surface area (Å²) < 4.78 is 6.41. The Labute approximate surface area is 130 Å². The minimum atomic E-state index is -0.417. The highest BCUT2D eigenvalue weighted by Crippen LogP contribution is 2.25. The molecule has 0 spiro atoms. The third kappa shape index (κ3) is 3.38. The molecule has 0 unspecified atom stereocenters. The van der Waals surface area contributed by atoms with Gasteiger partial charge in [-0.05, 0) is 30.7 Å². The number of hydrogen-bond donors (Lipinski definition) is 0. The second kappa shape index (κ2) is 6.37. The second-order valence-electron chi connectivity index (χ2n) is 4.36. The van der Waals surface area contributed by atoms with Crippen molar-refractivity contribution in [1.82, 2.24) is 0 Å². The molecule has 2 rings (SSSR count). The number of nitro groups is 1. The van der Waals surface area contributed by atoms with Gasteiger partial charge in [0.2, 0.25) is 0 Å². The Bertz CT molecular complexity index is 738. The smallest absolute Gasteiger partial charge is 0.272 e. The van der Waals surface area contributed by atoms with Crippen LogP contribution in [-0.2, 0) is 6.61 Å². The van der Waals surface area contributed by atoms with Crippen molar-refractivity contribution < 1.29 is 9.66 Å². The van der Waals surface area contributed by atoms with Crippen LogP contribution >= 0.6 is 15.9 Å². The van der Waals surface area contributed by atoms with Crippen LogP contribution in [0.2, 0.25) is 0 Å². The van der Waals surface area contributed by atoms with Crippen LogP contribution < -0.4 is 4.74 Å². The Morgan fingerprint density at radius 3 is 2.81 bits per heavy atom. The quantitative estimate of drug-likeness (QED) is 0.616. The fourth-order valence-corrected chi connectivity index (χ4v) is 2.26. The van der Waals surface area contributed by atoms with Gasteiger partial charge in [-0.2, -0.15) is 5.26 Å². The Kier molecular flexibility index (Phi) is 4.55. The molecule has 21 heavy (non-hydrogen) atoms. The summed E-state index contributed by atoms with van der Waals surface area (Å²) in [6.45, 7) is 1.85. The van der Waals surface area contributed by atoms with Crippen molar-refractivity contribution in [3.8, 4) is 11.8 Å². The lowest BCUT2D eigenvalue weighted by Crippen LogP contribution is -2.02. The summed E-state index contributed by atoms with van der Waals surface area (Å²) in [6, 6.07) is 12.0. The number of benzene rings is 2. The molecule has 0 atom stereocenters. The average Bonchev–Trinajstić information content (AvgIpc) is 2.46. The molecular formula is C15H11BrN2O3. The zero-order valence-electron chi connectivity index (χ0n) is 11.2. The molecule has 0 radical (unpaired) electrons. The molecule has 0 aromatic heterocycles. The van der Waals surface area contributed by atoms with Crippen LogP contribution in [0.5, 0.6) is 5.75 Å². The Morgan fingerprint density at radius 1 is 1.38 bits per heavy atom. The van der Waals surface area contributed by atoms with Gasteiger partial charge in [0, 0.05) is 16.1 Å². The summed E-state index contributed by atoms with van der Waals surface area (Å²) in [7, 11) is 0. The van der Waals surface area contributed by atoms with E-state index in [1.807, 2.05) is 0 Å². The maximum Gasteiger partial charge on any atom is 0.272 e. The first kappa shape index (κ1) is 15.0. The van der Waals surface area contributed by atoms with Crippen molar-refractivity contribution >= 4 is 21.6 Å². The lowest BCUT2D eigenvalue weighted by molar-refractivity contribution is -0.385. The van der Waals surface area contributed by atoms with E-state index in [2.05, 4.69) is 22.0 Å². The normalized spacial score (nSPS) is 9.95. The van der Waals surface area contributed by atoms with Crippen molar-refractivity contribution in [2.45, 2.75) is 13.5 Å². The lowest BCUT2D eigenvalue weighted by atomic mass is 10.1. The van der Waals surface area contributed by atoms with Crippen LogP contribution in [0.4, 0.5) is 5.69 Å². The van der Waals surface area contributed by atoms with Crippen LogP contribution in [-0.4, -0.2) is 4.92 Å². The zero-order valence-corrected chi connectivity index (χ0v) is 12.8. The van der Waals surface area contributed by atoms with Gasteiger partial charge in [-0.3, -0.25) is 10.1 Å². The molecule has 0 aliphatic heterocycles. The fraction of sp³-hybridized carbons (Fsp3) is 0.133. The SMILES string of the molecule is Cc1c(COc2ccc(Br)cc2C#N)cccc1[N+](=O)[O-]. The number of nitro benzene ring substituents is 1. The molecule has 5 nitrogen and oxygen atoms in total. The van der Waals surface area contributed by atoms with Crippen molar-refractivity contribution in [2.75, 3.05) is 0 Å². The van der Waals surface area contributed by atoms with E-state index < -0.39 is 4.92 Å². The van der Waals surface area contributed by atoms with Gasteiger partial charge in [0.05, 0.1) is 10.5 Å². The molecule has 0 aliphatic rings. The van der Waals surface area contributed by atoms with Crippen LogP contribution in [0.15, 0.2) is 40.9 Å². The monoisotopic (exact) mass is 346 g/mol. The van der Waals surface area contributed by atoms with Crippen molar-refractivity contribution in [1.29, 1.82) is 5.26 Å². The molecule has 2 aromatic rings. The third-order valence-corrected chi connectivity index (χ3v) is 3.55. The summed E-state index contributed by atoms with van der Waals surface area (Å²) in [5.41, 5.74) is 1.76. The van der Waals surface area contributed by atoms with E-state index in [1.165, 1.54) is 6.07 Å². The highest BCUT2D eigenvalue weighted by Gasteiger charge is 2.14. The first-order chi connectivity index (χ1) is 10.0. The number of hydrogen-bond acceptors (Lipinski definition) is 4. The molecule has 0 saturated heterocycles. The zero-order chi connectivity index (χ0) is 15.4. The summed E-state index contributed by atoms with van der Waals surface area (Å²) in [4.78, 5) is 10.5. The summed E-state index contributed by atoms with van der Waals surface area (Å²) in [6.07, 6.45) is 0. The Hall–Kier alpha value is -2.39. The van der Waals surface area contributed by atoms with E-state index in [9.17, 15) is 10.1 Å². The Morgan fingerprint density at radius 2 is 2.14 bits per heavy atom. The van der Waals surface area contributed by atoms with Crippen LogP contribution in [0.3, 0.4) is 0 Å².